The lowest BCUT2D eigenvalue weighted by Crippen LogP contribution is -2.60. The van der Waals surface area contributed by atoms with E-state index < -0.39 is 77.7 Å². The molecule has 0 bridgehead atoms. The Hall–Kier alpha value is -6.96. The maximum Gasteiger partial charge on any atom is 0.326 e. The number of nitrogens with one attached hydrogen (secondary N) is 7. The summed E-state index contributed by atoms with van der Waals surface area (Å²) in [6, 6.07) is 5.94. The van der Waals surface area contributed by atoms with Crippen LogP contribution in [0.4, 0.5) is 0 Å². The number of aliphatic imine (C=N–C) groups is 1. The van der Waals surface area contributed by atoms with Crippen molar-refractivity contribution in [3.63, 3.8) is 0 Å². The summed E-state index contributed by atoms with van der Waals surface area (Å²) >= 11 is 0. The van der Waals surface area contributed by atoms with E-state index >= 15 is 0 Å². The Morgan fingerprint density at radius 1 is 0.770 bits per heavy atom. The number of carboxylic acids is 1. The third-order valence-electron chi connectivity index (χ3n) is 10.1. The minimum Gasteiger partial charge on any atom is -0.508 e. The number of carbonyl (C=O) groups is 6. The second-order valence-corrected chi connectivity index (χ2v) is 14.9. The van der Waals surface area contributed by atoms with Gasteiger partial charge in [0.05, 0.1) is 12.4 Å². The average Bonchev–Trinajstić information content (AvgIpc) is 3.90. The van der Waals surface area contributed by atoms with Crippen molar-refractivity contribution in [3.8, 4) is 5.75 Å². The van der Waals surface area contributed by atoms with Gasteiger partial charge in [-0.3, -0.25) is 29.0 Å². The summed E-state index contributed by atoms with van der Waals surface area (Å²) in [4.78, 5) is 95.3. The summed E-state index contributed by atoms with van der Waals surface area (Å²) in [7, 11) is 0. The van der Waals surface area contributed by atoms with Crippen molar-refractivity contribution in [3.05, 3.63) is 84.1 Å². The topological polar surface area (TPSA) is 338 Å². The number of amides is 5. The van der Waals surface area contributed by atoms with E-state index in [1.807, 2.05) is 24.3 Å². The van der Waals surface area contributed by atoms with Gasteiger partial charge < -0.3 is 64.0 Å². The number of aromatic hydroxyl groups is 1. The van der Waals surface area contributed by atoms with Gasteiger partial charge in [0, 0.05) is 54.8 Å². The molecule has 20 heteroatoms. The molecule has 0 spiro atoms. The molecule has 0 aliphatic rings. The number of fused-ring (bicyclic) bond motifs is 1. The Morgan fingerprint density at radius 3 is 2.02 bits per heavy atom. The number of phenolic OH excluding ortho intramolecular Hbond substituents is 1. The van der Waals surface area contributed by atoms with Gasteiger partial charge in [-0.25, -0.2) is 9.78 Å². The monoisotopic (exact) mass is 844 g/mol. The van der Waals surface area contributed by atoms with Gasteiger partial charge in [-0.1, -0.05) is 50.6 Å². The molecule has 2 heterocycles. The van der Waals surface area contributed by atoms with Crippen molar-refractivity contribution in [1.29, 1.82) is 0 Å². The Labute approximate surface area is 352 Å². The van der Waals surface area contributed by atoms with Crippen molar-refractivity contribution < 1.29 is 39.0 Å². The molecule has 0 aliphatic heterocycles. The van der Waals surface area contributed by atoms with E-state index in [4.69, 9.17) is 17.2 Å². The maximum absolute atomic E-state index is 14.5. The fourth-order valence-electron chi connectivity index (χ4n) is 6.46. The Kier molecular flexibility index (Phi) is 17.2. The summed E-state index contributed by atoms with van der Waals surface area (Å²) in [6.45, 7) is 5.13. The average molecular weight is 845 g/mol. The van der Waals surface area contributed by atoms with Crippen LogP contribution in [0, 0.1) is 5.92 Å². The fraction of sp³-hybridized carbons (Fsp3) is 0.415. The number of aliphatic carboxylic acids is 1. The number of imidazole rings is 1. The molecule has 15 N–H and O–H groups in total. The van der Waals surface area contributed by atoms with E-state index in [0.29, 0.717) is 23.2 Å². The number of aromatic amines is 2. The lowest BCUT2D eigenvalue weighted by atomic mass is 9.96. The lowest BCUT2D eigenvalue weighted by Gasteiger charge is -2.29. The zero-order valence-corrected chi connectivity index (χ0v) is 34.3. The quantitative estimate of drug-likeness (QED) is 0.0257. The molecule has 4 aromatic rings. The molecule has 7 atom stereocenters. The zero-order chi connectivity index (χ0) is 44.6. The predicted molar refractivity (Wildman–Crippen MR) is 226 cm³/mol. The van der Waals surface area contributed by atoms with Crippen LogP contribution in [0.25, 0.3) is 10.9 Å². The fourth-order valence-corrected chi connectivity index (χ4v) is 6.46. The number of carbonyl (C=O) groups excluding carboxylic acids is 5. The lowest BCUT2D eigenvalue weighted by molar-refractivity contribution is -0.142. The van der Waals surface area contributed by atoms with Crippen molar-refractivity contribution >= 4 is 52.4 Å². The number of aromatic nitrogens is 3. The van der Waals surface area contributed by atoms with E-state index in [9.17, 15) is 39.0 Å². The van der Waals surface area contributed by atoms with E-state index in [2.05, 4.69) is 46.5 Å². The van der Waals surface area contributed by atoms with Gasteiger partial charge in [0.1, 0.15) is 36.0 Å². The van der Waals surface area contributed by atoms with Crippen LogP contribution in [-0.2, 0) is 48.0 Å². The van der Waals surface area contributed by atoms with Crippen molar-refractivity contribution in [2.75, 3.05) is 6.54 Å². The Balaban J connectivity index is 1.66. The molecule has 0 saturated heterocycles. The molecule has 4 rings (SSSR count). The number of para-hydroxylation sites is 1. The SMILES string of the molecule is CC[C@H](C)[C@H](NC(=O)[C@H](Cc1ccc(O)cc1)NC(=O)[C@H](Cc1c[nH]c2ccccc12)NC(=O)[C@H](CCCN=C(N)N)NC(=O)[C@H](C)N)C(=O)N[C@@H](Cc1cnc[nH]1)C(=O)O. The maximum atomic E-state index is 14.5. The van der Waals surface area contributed by atoms with Gasteiger partial charge in [-0.15, -0.1) is 0 Å². The van der Waals surface area contributed by atoms with Crippen LogP contribution in [-0.4, -0.2) is 109 Å². The van der Waals surface area contributed by atoms with Gasteiger partial charge in [-0.2, -0.15) is 0 Å². The second-order valence-electron chi connectivity index (χ2n) is 14.9. The highest BCUT2D eigenvalue weighted by molar-refractivity contribution is 5.97. The minimum absolute atomic E-state index is 0.0316. The first-order valence-corrected chi connectivity index (χ1v) is 19.9. The standard InChI is InChI=1S/C41H56N12O8/c1-4-22(2)34(39(59)52-33(40(60)61)18-26-20-45-21-48-26)53-38(58)31(16-24-11-13-27(54)14-12-24)50-37(57)32(17-25-19-47-29-9-6-5-8-28(25)29)51-36(56)30(49-35(55)23(3)42)10-7-15-46-41(43)44/h5-6,8-9,11-14,19-23,30-34,47,54H,4,7,10,15-18,42H2,1-3H3,(H,45,48)(H,49,55)(H,50,57)(H,51,56)(H,52,59)(H,53,58)(H,60,61)(H4,43,44,46)/t22-,23-,30-,31-,32-,33-,34-/m0/s1. The molecular formula is C41H56N12O8. The van der Waals surface area contributed by atoms with Crippen LogP contribution in [0.5, 0.6) is 5.75 Å². The van der Waals surface area contributed by atoms with E-state index in [1.54, 1.807) is 32.2 Å². The number of H-pyrrole nitrogens is 2. The van der Waals surface area contributed by atoms with Crippen LogP contribution in [0.2, 0.25) is 0 Å². The second kappa shape index (κ2) is 22.4. The predicted octanol–water partition coefficient (Wildman–Crippen LogP) is -0.420. The third kappa shape index (κ3) is 14.1. The van der Waals surface area contributed by atoms with Gasteiger partial charge in [0.2, 0.25) is 29.5 Å². The Bertz CT molecular complexity index is 2130. The number of hydrogen-bond acceptors (Lipinski definition) is 10. The largest absolute Gasteiger partial charge is 0.508 e. The summed E-state index contributed by atoms with van der Waals surface area (Å²) in [5, 5.41) is 34.1. The molecule has 0 aliphatic carbocycles. The summed E-state index contributed by atoms with van der Waals surface area (Å²) < 4.78 is 0. The Morgan fingerprint density at radius 2 is 1.39 bits per heavy atom. The van der Waals surface area contributed by atoms with Crippen LogP contribution < -0.4 is 43.8 Å². The molecule has 2 aromatic heterocycles. The van der Waals surface area contributed by atoms with Crippen molar-refractivity contribution in [2.24, 2.45) is 28.1 Å². The number of nitrogens with zero attached hydrogens (tertiary/aromatic N) is 2. The summed E-state index contributed by atoms with van der Waals surface area (Å²) in [6.07, 6.45) is 5.03. The first-order chi connectivity index (χ1) is 29.1. The van der Waals surface area contributed by atoms with E-state index in [-0.39, 0.29) is 50.4 Å². The van der Waals surface area contributed by atoms with Crippen LogP contribution in [0.15, 0.2) is 72.2 Å². The van der Waals surface area contributed by atoms with Gasteiger partial charge in [0.15, 0.2) is 5.96 Å². The van der Waals surface area contributed by atoms with Gasteiger partial charge in [-0.05, 0) is 55.0 Å². The van der Waals surface area contributed by atoms with E-state index in [1.165, 1.54) is 31.6 Å². The first kappa shape index (κ1) is 46.7. The third-order valence-corrected chi connectivity index (χ3v) is 10.1. The number of phenols is 1. The molecule has 328 valence electrons. The number of hydrogen-bond donors (Lipinski definition) is 12. The minimum atomic E-state index is -1.36. The molecule has 0 saturated carbocycles. The first-order valence-electron chi connectivity index (χ1n) is 19.9. The smallest absolute Gasteiger partial charge is 0.326 e. The molecule has 0 fully saturated rings. The summed E-state index contributed by atoms with van der Waals surface area (Å²) in [5.41, 5.74) is 19.1. The number of carboxylic acid groups (broad SMARTS) is 1. The number of benzene rings is 2. The van der Waals surface area contributed by atoms with Crippen molar-refractivity contribution in [2.45, 2.75) is 95.5 Å². The van der Waals surface area contributed by atoms with Crippen molar-refractivity contribution in [1.82, 2.24) is 41.5 Å². The molecular weight excluding hydrogens is 789 g/mol. The molecule has 20 nitrogen and oxygen atoms in total. The molecule has 2 aromatic carbocycles. The highest BCUT2D eigenvalue weighted by atomic mass is 16.4. The number of nitrogens with two attached hydrogens (primary N) is 3. The highest BCUT2D eigenvalue weighted by Gasteiger charge is 2.35. The van der Waals surface area contributed by atoms with Crippen LogP contribution in [0.3, 0.4) is 0 Å². The van der Waals surface area contributed by atoms with Crippen LogP contribution in [0.1, 0.15) is 56.9 Å². The molecule has 0 radical (unpaired) electrons. The van der Waals surface area contributed by atoms with Crippen LogP contribution >= 0.6 is 0 Å². The number of rotatable bonds is 23. The summed E-state index contributed by atoms with van der Waals surface area (Å²) in [5.74, 6) is -5.59. The normalized spacial score (nSPS) is 14.6. The highest BCUT2D eigenvalue weighted by Crippen LogP contribution is 2.20. The van der Waals surface area contributed by atoms with Gasteiger partial charge >= 0.3 is 5.97 Å². The molecule has 61 heavy (non-hydrogen) atoms. The molecule has 5 amide bonds. The van der Waals surface area contributed by atoms with E-state index in [0.717, 1.165) is 10.9 Å². The zero-order valence-electron chi connectivity index (χ0n) is 34.3. The number of guanidine groups is 1. The molecule has 0 unspecified atom stereocenters. The van der Waals surface area contributed by atoms with Gasteiger partial charge in [0.25, 0.3) is 0 Å².